The summed E-state index contributed by atoms with van der Waals surface area (Å²) in [5, 5.41) is 0. The van der Waals surface area contributed by atoms with Crippen LogP contribution in [0.15, 0.2) is 53.5 Å². The molecule has 2 aromatic rings. The monoisotopic (exact) mass is 363 g/mol. The number of hydrogen-bond donors (Lipinski definition) is 1. The highest BCUT2D eigenvalue weighted by Gasteiger charge is 2.57. The van der Waals surface area contributed by atoms with E-state index in [0.29, 0.717) is 23.6 Å². The number of carbonyl (C=O) groups is 3. The van der Waals surface area contributed by atoms with Gasteiger partial charge in [0, 0.05) is 17.8 Å². The first-order valence-corrected chi connectivity index (χ1v) is 8.48. The van der Waals surface area contributed by atoms with E-state index in [4.69, 9.17) is 10.5 Å². The van der Waals surface area contributed by atoms with Crippen molar-refractivity contribution < 1.29 is 19.1 Å². The molecular formula is C20H17N3O4. The topological polar surface area (TPSA) is 102 Å². The number of fused-ring (bicyclic) bond motifs is 2. The van der Waals surface area contributed by atoms with Crippen molar-refractivity contribution in [2.24, 2.45) is 10.7 Å². The summed E-state index contributed by atoms with van der Waals surface area (Å²) in [6, 6.07) is 14.8. The highest BCUT2D eigenvalue weighted by Crippen LogP contribution is 2.43. The molecule has 2 aromatic carbocycles. The van der Waals surface area contributed by atoms with E-state index in [1.54, 1.807) is 18.2 Å². The summed E-state index contributed by atoms with van der Waals surface area (Å²) in [5.41, 5.74) is 5.77. The molecule has 2 amide bonds. The smallest absolute Gasteiger partial charge is 0.247 e. The predicted molar refractivity (Wildman–Crippen MR) is 97.8 cm³/mol. The minimum absolute atomic E-state index is 0.153. The Labute approximate surface area is 155 Å². The molecule has 0 aliphatic carbocycles. The third-order valence-corrected chi connectivity index (χ3v) is 4.79. The van der Waals surface area contributed by atoms with E-state index in [1.807, 2.05) is 30.3 Å². The van der Waals surface area contributed by atoms with Gasteiger partial charge in [0.05, 0.1) is 18.8 Å². The summed E-state index contributed by atoms with van der Waals surface area (Å²) in [7, 11) is 0. The van der Waals surface area contributed by atoms with Gasteiger partial charge >= 0.3 is 0 Å². The van der Waals surface area contributed by atoms with Gasteiger partial charge in [0.1, 0.15) is 12.4 Å². The van der Waals surface area contributed by atoms with Gasteiger partial charge in [-0.1, -0.05) is 36.4 Å². The third-order valence-electron chi connectivity index (χ3n) is 4.79. The molecule has 1 spiro atoms. The van der Waals surface area contributed by atoms with E-state index >= 15 is 0 Å². The molecule has 0 aromatic heterocycles. The summed E-state index contributed by atoms with van der Waals surface area (Å²) in [4.78, 5) is 42.0. The van der Waals surface area contributed by atoms with Crippen molar-refractivity contribution >= 4 is 29.5 Å². The maximum atomic E-state index is 12.8. The quantitative estimate of drug-likeness (QED) is 0.804. The zero-order valence-corrected chi connectivity index (χ0v) is 14.4. The lowest BCUT2D eigenvalue weighted by atomic mass is 9.80. The molecule has 27 heavy (non-hydrogen) atoms. The molecule has 7 heteroatoms. The van der Waals surface area contributed by atoms with E-state index in [9.17, 15) is 14.4 Å². The predicted octanol–water partition coefficient (Wildman–Crippen LogP) is 1.12. The minimum Gasteiger partial charge on any atom is -0.489 e. The minimum atomic E-state index is -1.46. The van der Waals surface area contributed by atoms with Gasteiger partial charge in [0.15, 0.2) is 11.2 Å². The average Bonchev–Trinajstić information content (AvgIpc) is 3.15. The Kier molecular flexibility index (Phi) is 3.99. The van der Waals surface area contributed by atoms with Gasteiger partial charge < -0.3 is 15.4 Å². The second kappa shape index (κ2) is 6.35. The van der Waals surface area contributed by atoms with Crippen LogP contribution in [-0.4, -0.2) is 41.8 Å². The summed E-state index contributed by atoms with van der Waals surface area (Å²) < 4.78 is 5.78. The van der Waals surface area contributed by atoms with Crippen molar-refractivity contribution in [3.8, 4) is 5.75 Å². The molecule has 2 aliphatic rings. The third kappa shape index (κ3) is 2.77. The first kappa shape index (κ1) is 17.0. The summed E-state index contributed by atoms with van der Waals surface area (Å²) >= 11 is 0. The van der Waals surface area contributed by atoms with Gasteiger partial charge in [-0.2, -0.15) is 0 Å². The van der Waals surface area contributed by atoms with E-state index in [-0.39, 0.29) is 18.9 Å². The second-order valence-corrected chi connectivity index (χ2v) is 6.57. The maximum absolute atomic E-state index is 12.8. The lowest BCUT2D eigenvalue weighted by molar-refractivity contribution is -0.134. The lowest BCUT2D eigenvalue weighted by Crippen LogP contribution is -2.43. The van der Waals surface area contributed by atoms with Crippen LogP contribution in [0.1, 0.15) is 11.1 Å². The normalized spacial score (nSPS) is 20.4. The summed E-state index contributed by atoms with van der Waals surface area (Å²) in [6.07, 6.45) is 1.37. The number of amides is 2. The SMILES string of the molecule is NC(=O)CN1CC(=O)C2(C=Nc3cc(OCc4ccccc4)ccc32)C1=O. The Morgan fingerprint density at radius 3 is 2.70 bits per heavy atom. The average molecular weight is 363 g/mol. The standard InChI is InChI=1S/C20H17N3O4/c21-18(25)10-23-9-17(24)20(19(23)26)12-22-16-8-14(6-7-15(16)20)27-11-13-4-2-1-3-5-13/h1-8,12H,9-11H2,(H2,21,25). The number of benzene rings is 2. The fraction of sp³-hybridized carbons (Fsp3) is 0.200. The van der Waals surface area contributed by atoms with Crippen LogP contribution in [0.3, 0.4) is 0 Å². The first-order valence-electron chi connectivity index (χ1n) is 8.48. The number of carbonyl (C=O) groups excluding carboxylic acids is 3. The molecule has 1 unspecified atom stereocenters. The van der Waals surface area contributed by atoms with Gasteiger partial charge in [0.25, 0.3) is 0 Å². The maximum Gasteiger partial charge on any atom is 0.247 e. The van der Waals surface area contributed by atoms with Crippen LogP contribution in [0.4, 0.5) is 5.69 Å². The lowest BCUT2D eigenvalue weighted by Gasteiger charge is -2.19. The molecule has 7 nitrogen and oxygen atoms in total. The molecule has 1 atom stereocenters. The molecule has 136 valence electrons. The molecule has 4 rings (SSSR count). The molecule has 2 N–H and O–H groups in total. The highest BCUT2D eigenvalue weighted by molar-refractivity contribution is 6.31. The Hall–Kier alpha value is -3.48. The Morgan fingerprint density at radius 1 is 1.19 bits per heavy atom. The fourth-order valence-corrected chi connectivity index (χ4v) is 3.47. The second-order valence-electron chi connectivity index (χ2n) is 6.57. The van der Waals surface area contributed by atoms with Crippen LogP contribution in [0.25, 0.3) is 0 Å². The molecule has 0 radical (unpaired) electrons. The molecule has 1 fully saturated rings. The van der Waals surface area contributed by atoms with Crippen LogP contribution in [0.2, 0.25) is 0 Å². The van der Waals surface area contributed by atoms with Crippen molar-refractivity contribution in [3.63, 3.8) is 0 Å². The van der Waals surface area contributed by atoms with Crippen LogP contribution in [0, 0.1) is 0 Å². The van der Waals surface area contributed by atoms with Gasteiger partial charge in [-0.25, -0.2) is 0 Å². The number of Topliss-reactive ketones (excluding diaryl/α,β-unsaturated/α-hetero) is 1. The number of hydrogen-bond acceptors (Lipinski definition) is 5. The van der Waals surface area contributed by atoms with Crippen molar-refractivity contribution in [2.45, 2.75) is 12.0 Å². The first-order chi connectivity index (χ1) is 13.0. The van der Waals surface area contributed by atoms with Gasteiger partial charge in [0.2, 0.25) is 11.8 Å². The number of ether oxygens (including phenoxy) is 1. The van der Waals surface area contributed by atoms with E-state index in [0.717, 1.165) is 5.56 Å². The highest BCUT2D eigenvalue weighted by atomic mass is 16.5. The summed E-state index contributed by atoms with van der Waals surface area (Å²) in [5.74, 6) is -0.840. The van der Waals surface area contributed by atoms with Gasteiger partial charge in [-0.05, 0) is 11.6 Å². The Morgan fingerprint density at radius 2 is 1.96 bits per heavy atom. The number of primary amides is 1. The number of rotatable bonds is 5. The largest absolute Gasteiger partial charge is 0.489 e. The molecule has 0 saturated carbocycles. The molecule has 0 bridgehead atoms. The van der Waals surface area contributed by atoms with Gasteiger partial charge in [-0.3, -0.25) is 19.4 Å². The van der Waals surface area contributed by atoms with E-state index in [1.165, 1.54) is 11.1 Å². The van der Waals surface area contributed by atoms with Crippen molar-refractivity contribution in [2.75, 3.05) is 13.1 Å². The Bertz CT molecular complexity index is 970. The van der Waals surface area contributed by atoms with Crippen molar-refractivity contribution in [1.82, 2.24) is 4.90 Å². The van der Waals surface area contributed by atoms with Crippen molar-refractivity contribution in [3.05, 3.63) is 59.7 Å². The van der Waals surface area contributed by atoms with Crippen LogP contribution < -0.4 is 10.5 Å². The van der Waals surface area contributed by atoms with Crippen LogP contribution in [0.5, 0.6) is 5.75 Å². The molecule has 1 saturated heterocycles. The van der Waals surface area contributed by atoms with Gasteiger partial charge in [-0.15, -0.1) is 0 Å². The van der Waals surface area contributed by atoms with Crippen molar-refractivity contribution in [1.29, 1.82) is 0 Å². The fourth-order valence-electron chi connectivity index (χ4n) is 3.47. The number of nitrogens with zero attached hydrogens (tertiary/aromatic N) is 2. The Balaban J connectivity index is 1.58. The van der Waals surface area contributed by atoms with E-state index in [2.05, 4.69) is 4.99 Å². The molecular weight excluding hydrogens is 346 g/mol. The zero-order chi connectivity index (χ0) is 19.0. The summed E-state index contributed by atoms with van der Waals surface area (Å²) in [6.45, 7) is -0.0357. The van der Waals surface area contributed by atoms with Crippen LogP contribution in [-0.2, 0) is 26.4 Å². The number of nitrogens with two attached hydrogens (primary N) is 1. The van der Waals surface area contributed by atoms with Crippen LogP contribution >= 0.6 is 0 Å². The number of aliphatic imine (C=N–C) groups is 1. The molecule has 2 aliphatic heterocycles. The number of likely N-dealkylation sites (tertiary alicyclic amines) is 1. The zero-order valence-electron chi connectivity index (χ0n) is 14.4. The number of ketones is 1. The van der Waals surface area contributed by atoms with E-state index < -0.39 is 17.2 Å². The molecule has 2 heterocycles.